The molecule has 0 aromatic heterocycles. The summed E-state index contributed by atoms with van der Waals surface area (Å²) < 4.78 is 0. The van der Waals surface area contributed by atoms with E-state index in [1.54, 1.807) is 6.21 Å². The predicted molar refractivity (Wildman–Crippen MR) is 57.7 cm³/mol. The molecule has 1 aliphatic heterocycles. The Hall–Kier alpha value is -0.870. The Morgan fingerprint density at radius 1 is 1.71 bits per heavy atom. The molecule has 0 saturated carbocycles. The third kappa shape index (κ3) is 4.99. The van der Waals surface area contributed by atoms with Gasteiger partial charge in [-0.3, -0.25) is 0 Å². The number of oxime groups is 1. The fraction of sp³-hybridized carbons (Fsp3) is 0.556. The van der Waals surface area contributed by atoms with E-state index in [1.165, 1.54) is 6.92 Å². The molecule has 0 fully saturated rings. The molecule has 0 aliphatic carbocycles. The van der Waals surface area contributed by atoms with Crippen molar-refractivity contribution in [3.8, 4) is 0 Å². The van der Waals surface area contributed by atoms with Crippen LogP contribution in [-0.4, -0.2) is 37.2 Å². The summed E-state index contributed by atoms with van der Waals surface area (Å²) >= 11 is 0. The molecule has 80 valence electrons. The number of nitrogens with zero attached hydrogens (tertiary/aromatic N) is 2. The van der Waals surface area contributed by atoms with E-state index in [0.717, 1.165) is 25.1 Å². The van der Waals surface area contributed by atoms with Crippen LogP contribution in [-0.2, 0) is 9.63 Å². The number of hydrogen-bond donors (Lipinski definition) is 0. The molecule has 0 radical (unpaired) electrons. The largest absolute Gasteiger partial charge is 0.331 e. The van der Waals surface area contributed by atoms with Crippen molar-refractivity contribution >= 4 is 24.6 Å². The summed E-state index contributed by atoms with van der Waals surface area (Å²) in [5.41, 5.74) is 1.09. The zero-order chi connectivity index (χ0) is 9.68. The highest BCUT2D eigenvalue weighted by Crippen LogP contribution is 2.05. The Morgan fingerprint density at radius 2 is 2.43 bits per heavy atom. The molecule has 0 saturated heterocycles. The lowest BCUT2D eigenvalue weighted by atomic mass is 10.1. The molecule has 0 atom stereocenters. The Bertz CT molecular complexity index is 251. The molecule has 5 heteroatoms. The van der Waals surface area contributed by atoms with E-state index in [9.17, 15) is 4.79 Å². The molecule has 0 N–H and O–H groups in total. The summed E-state index contributed by atoms with van der Waals surface area (Å²) in [5, 5.41) is 3.56. The minimum atomic E-state index is -0.388. The van der Waals surface area contributed by atoms with Gasteiger partial charge in [0.25, 0.3) is 0 Å². The van der Waals surface area contributed by atoms with Crippen LogP contribution < -0.4 is 0 Å². The monoisotopic (exact) mass is 218 g/mol. The number of carbonyl (C=O) groups excluding carboxylic acids is 1. The standard InChI is InChI=1S/C9H14N2O2.ClH/c1-8(12)13-10-6-9-4-3-5-11(2)7-9;/h4,6H,3,5,7H2,1-2H3;1H/b10-6+;. The summed E-state index contributed by atoms with van der Waals surface area (Å²) in [7, 11) is 2.05. The molecular weight excluding hydrogens is 204 g/mol. The summed E-state index contributed by atoms with van der Waals surface area (Å²) in [4.78, 5) is 17.0. The quantitative estimate of drug-likeness (QED) is 0.398. The fourth-order valence-electron chi connectivity index (χ4n) is 1.19. The van der Waals surface area contributed by atoms with Crippen molar-refractivity contribution < 1.29 is 9.63 Å². The van der Waals surface area contributed by atoms with Crippen LogP contribution >= 0.6 is 12.4 Å². The van der Waals surface area contributed by atoms with Crippen molar-refractivity contribution in [3.63, 3.8) is 0 Å². The number of hydrogen-bond acceptors (Lipinski definition) is 4. The van der Waals surface area contributed by atoms with Gasteiger partial charge in [-0.15, -0.1) is 12.4 Å². The van der Waals surface area contributed by atoms with E-state index in [4.69, 9.17) is 0 Å². The van der Waals surface area contributed by atoms with Crippen molar-refractivity contribution in [1.29, 1.82) is 0 Å². The molecule has 1 aliphatic rings. The van der Waals surface area contributed by atoms with Crippen molar-refractivity contribution in [3.05, 3.63) is 11.6 Å². The highest BCUT2D eigenvalue weighted by atomic mass is 35.5. The average Bonchev–Trinajstić information content (AvgIpc) is 2.03. The third-order valence-electron chi connectivity index (χ3n) is 1.77. The van der Waals surface area contributed by atoms with Gasteiger partial charge in [0.1, 0.15) is 0 Å². The van der Waals surface area contributed by atoms with Gasteiger partial charge in [-0.2, -0.15) is 0 Å². The number of rotatable bonds is 2. The first-order valence-electron chi connectivity index (χ1n) is 4.27. The molecule has 0 aromatic rings. The Morgan fingerprint density at radius 3 is 3.00 bits per heavy atom. The average molecular weight is 219 g/mol. The minimum absolute atomic E-state index is 0. The van der Waals surface area contributed by atoms with Gasteiger partial charge in [0.2, 0.25) is 0 Å². The lowest BCUT2D eigenvalue weighted by Gasteiger charge is -2.20. The van der Waals surface area contributed by atoms with Crippen molar-refractivity contribution in [2.24, 2.45) is 5.16 Å². The predicted octanol–water partition coefficient (Wildman–Crippen LogP) is 1.22. The van der Waals surface area contributed by atoms with Gasteiger partial charge in [0, 0.05) is 20.0 Å². The van der Waals surface area contributed by atoms with Gasteiger partial charge in [0.05, 0.1) is 6.21 Å². The molecule has 0 bridgehead atoms. The first-order valence-corrected chi connectivity index (χ1v) is 4.27. The SMILES string of the molecule is CC(=O)O/N=C/C1=CCCN(C)C1.Cl. The van der Waals surface area contributed by atoms with Crippen LogP contribution in [0, 0.1) is 0 Å². The minimum Gasteiger partial charge on any atom is -0.319 e. The lowest BCUT2D eigenvalue weighted by Crippen LogP contribution is -2.25. The second-order valence-electron chi connectivity index (χ2n) is 3.12. The first-order chi connectivity index (χ1) is 6.18. The van der Waals surface area contributed by atoms with E-state index in [2.05, 4.69) is 21.0 Å². The first kappa shape index (κ1) is 13.1. The summed E-state index contributed by atoms with van der Waals surface area (Å²) in [6.45, 7) is 3.27. The maximum Gasteiger partial charge on any atom is 0.331 e. The highest BCUT2D eigenvalue weighted by Gasteiger charge is 2.05. The summed E-state index contributed by atoms with van der Waals surface area (Å²) in [6.07, 6.45) is 4.72. The smallest absolute Gasteiger partial charge is 0.319 e. The van der Waals surface area contributed by atoms with Crippen LogP contribution in [0.4, 0.5) is 0 Å². The Balaban J connectivity index is 0.00000169. The van der Waals surface area contributed by atoms with Crippen LogP contribution in [0.15, 0.2) is 16.8 Å². The molecule has 4 nitrogen and oxygen atoms in total. The van der Waals surface area contributed by atoms with E-state index in [1.807, 2.05) is 7.05 Å². The normalized spacial score (nSPS) is 17.4. The van der Waals surface area contributed by atoms with Crippen LogP contribution in [0.5, 0.6) is 0 Å². The maximum absolute atomic E-state index is 10.4. The number of likely N-dealkylation sites (N-methyl/N-ethyl adjacent to an activating group) is 1. The van der Waals surface area contributed by atoms with E-state index in [-0.39, 0.29) is 18.4 Å². The van der Waals surface area contributed by atoms with Crippen LogP contribution in [0.25, 0.3) is 0 Å². The summed E-state index contributed by atoms with van der Waals surface area (Å²) in [6, 6.07) is 0. The van der Waals surface area contributed by atoms with Gasteiger partial charge in [-0.25, -0.2) is 4.79 Å². The van der Waals surface area contributed by atoms with Gasteiger partial charge >= 0.3 is 5.97 Å². The van der Waals surface area contributed by atoms with E-state index >= 15 is 0 Å². The van der Waals surface area contributed by atoms with Crippen molar-refractivity contribution in [2.75, 3.05) is 20.1 Å². The molecule has 1 heterocycles. The van der Waals surface area contributed by atoms with E-state index in [0.29, 0.717) is 0 Å². The second-order valence-corrected chi connectivity index (χ2v) is 3.12. The molecule has 0 amide bonds. The summed E-state index contributed by atoms with van der Waals surface area (Å²) in [5.74, 6) is -0.388. The second kappa shape index (κ2) is 6.56. The van der Waals surface area contributed by atoms with Crippen LogP contribution in [0.3, 0.4) is 0 Å². The maximum atomic E-state index is 10.4. The van der Waals surface area contributed by atoms with Gasteiger partial charge < -0.3 is 9.74 Å². The topological polar surface area (TPSA) is 41.9 Å². The zero-order valence-corrected chi connectivity index (χ0v) is 9.21. The third-order valence-corrected chi connectivity index (χ3v) is 1.77. The van der Waals surface area contributed by atoms with E-state index < -0.39 is 0 Å². The Labute approximate surface area is 90.0 Å². The number of carbonyl (C=O) groups is 1. The molecule has 14 heavy (non-hydrogen) atoms. The zero-order valence-electron chi connectivity index (χ0n) is 8.40. The molecule has 0 unspecified atom stereocenters. The number of halogens is 1. The molecule has 0 aromatic carbocycles. The molecule has 1 rings (SSSR count). The fourth-order valence-corrected chi connectivity index (χ4v) is 1.19. The van der Waals surface area contributed by atoms with Crippen molar-refractivity contribution in [1.82, 2.24) is 4.90 Å². The van der Waals surface area contributed by atoms with Gasteiger partial charge in [0.15, 0.2) is 0 Å². The highest BCUT2D eigenvalue weighted by molar-refractivity contribution is 5.85. The van der Waals surface area contributed by atoms with Crippen molar-refractivity contribution in [2.45, 2.75) is 13.3 Å². The Kier molecular flexibility index (Phi) is 6.16. The van der Waals surface area contributed by atoms with Gasteiger partial charge in [-0.1, -0.05) is 11.2 Å². The lowest BCUT2D eigenvalue weighted by molar-refractivity contribution is -0.140. The molecule has 0 spiro atoms. The van der Waals surface area contributed by atoms with Crippen LogP contribution in [0.2, 0.25) is 0 Å². The molecular formula is C9H15ClN2O2. The van der Waals surface area contributed by atoms with Gasteiger partial charge in [-0.05, 0) is 19.0 Å². The van der Waals surface area contributed by atoms with Crippen LogP contribution in [0.1, 0.15) is 13.3 Å².